The number of carbonyl (C=O) groups is 1. The molecule has 0 bridgehead atoms. The fourth-order valence-corrected chi connectivity index (χ4v) is 1.57. The second-order valence-electron chi connectivity index (χ2n) is 3.24. The number of aromatic carboxylic acids is 1. The average Bonchev–Trinajstić information content (AvgIpc) is 2.48. The van der Waals surface area contributed by atoms with E-state index in [9.17, 15) is 4.79 Å². The van der Waals surface area contributed by atoms with Crippen molar-refractivity contribution in [1.29, 1.82) is 0 Å². The van der Waals surface area contributed by atoms with Gasteiger partial charge in [-0.1, -0.05) is 19.1 Å². The highest BCUT2D eigenvalue weighted by molar-refractivity contribution is 5.91. The summed E-state index contributed by atoms with van der Waals surface area (Å²) in [4.78, 5) is 10.8. The molecule has 2 rings (SSSR count). The van der Waals surface area contributed by atoms with Gasteiger partial charge in [0.2, 0.25) is 0 Å². The Morgan fingerprint density at radius 3 is 3.08 bits per heavy atom. The minimum absolute atomic E-state index is 0.266. The molecular weight excluding hydrogens is 168 g/mol. The Labute approximate surface area is 76.0 Å². The van der Waals surface area contributed by atoms with Crippen molar-refractivity contribution in [3.05, 3.63) is 29.3 Å². The van der Waals surface area contributed by atoms with E-state index in [2.05, 4.69) is 0 Å². The highest BCUT2D eigenvalue weighted by Gasteiger charge is 2.24. The zero-order chi connectivity index (χ0) is 9.42. The van der Waals surface area contributed by atoms with E-state index in [0.717, 1.165) is 5.56 Å². The Hall–Kier alpha value is -1.51. The van der Waals surface area contributed by atoms with E-state index < -0.39 is 5.97 Å². The van der Waals surface area contributed by atoms with E-state index in [1.165, 1.54) is 0 Å². The summed E-state index contributed by atoms with van der Waals surface area (Å²) in [6, 6.07) is 5.24. The van der Waals surface area contributed by atoms with Gasteiger partial charge in [-0.2, -0.15) is 0 Å². The van der Waals surface area contributed by atoms with E-state index in [0.29, 0.717) is 18.3 Å². The summed E-state index contributed by atoms with van der Waals surface area (Å²) in [6.45, 7) is 2.61. The molecule has 0 radical (unpaired) electrons. The number of rotatable bonds is 1. The van der Waals surface area contributed by atoms with Crippen LogP contribution in [0.3, 0.4) is 0 Å². The lowest BCUT2D eigenvalue weighted by atomic mass is 10.0. The zero-order valence-corrected chi connectivity index (χ0v) is 7.28. The second kappa shape index (κ2) is 2.76. The molecule has 0 spiro atoms. The molecular formula is C10H10O3. The first-order valence-electron chi connectivity index (χ1n) is 4.19. The molecule has 0 fully saturated rings. The van der Waals surface area contributed by atoms with Gasteiger partial charge < -0.3 is 9.84 Å². The fraction of sp³-hybridized carbons (Fsp3) is 0.300. The number of hydrogen-bond donors (Lipinski definition) is 1. The number of carboxylic acid groups (broad SMARTS) is 1. The van der Waals surface area contributed by atoms with Crippen molar-refractivity contribution in [1.82, 2.24) is 0 Å². The Bertz CT molecular complexity index is 357. The molecule has 3 nitrogen and oxygen atoms in total. The van der Waals surface area contributed by atoms with E-state index in [4.69, 9.17) is 9.84 Å². The van der Waals surface area contributed by atoms with Gasteiger partial charge in [0.1, 0.15) is 11.3 Å². The number of fused-ring (bicyclic) bond motifs is 1. The third-order valence-corrected chi connectivity index (χ3v) is 2.28. The van der Waals surface area contributed by atoms with Crippen LogP contribution in [0.1, 0.15) is 28.8 Å². The first-order chi connectivity index (χ1) is 6.20. The van der Waals surface area contributed by atoms with Gasteiger partial charge in [0.25, 0.3) is 0 Å². The monoisotopic (exact) mass is 178 g/mol. The largest absolute Gasteiger partial charge is 0.492 e. The van der Waals surface area contributed by atoms with Crippen molar-refractivity contribution in [3.63, 3.8) is 0 Å². The molecule has 3 heteroatoms. The standard InChI is InChI=1S/C10H10O3/c1-6-5-13-9-7(6)3-2-4-8(9)10(11)12/h2-4,6H,5H2,1H3,(H,11,12)/t6-/m1/s1. The van der Waals surface area contributed by atoms with Gasteiger partial charge in [0.05, 0.1) is 6.61 Å². The van der Waals surface area contributed by atoms with E-state index in [1.54, 1.807) is 12.1 Å². The van der Waals surface area contributed by atoms with Crippen LogP contribution < -0.4 is 4.74 Å². The number of ether oxygens (including phenoxy) is 1. The van der Waals surface area contributed by atoms with Crippen LogP contribution in [-0.4, -0.2) is 17.7 Å². The maximum Gasteiger partial charge on any atom is 0.339 e. The van der Waals surface area contributed by atoms with Crippen LogP contribution in [0.25, 0.3) is 0 Å². The van der Waals surface area contributed by atoms with Crippen LogP contribution in [0.5, 0.6) is 5.75 Å². The predicted octanol–water partition coefficient (Wildman–Crippen LogP) is 1.88. The molecule has 1 atom stereocenters. The number of para-hydroxylation sites is 1. The molecule has 1 N–H and O–H groups in total. The first-order valence-corrected chi connectivity index (χ1v) is 4.19. The van der Waals surface area contributed by atoms with Crippen molar-refractivity contribution >= 4 is 5.97 Å². The number of benzene rings is 1. The van der Waals surface area contributed by atoms with Crippen molar-refractivity contribution in [2.45, 2.75) is 12.8 Å². The topological polar surface area (TPSA) is 46.5 Å². The molecule has 68 valence electrons. The van der Waals surface area contributed by atoms with Gasteiger partial charge in [-0.15, -0.1) is 0 Å². The Morgan fingerprint density at radius 1 is 1.62 bits per heavy atom. The minimum atomic E-state index is -0.925. The molecule has 1 aromatic carbocycles. The zero-order valence-electron chi connectivity index (χ0n) is 7.28. The van der Waals surface area contributed by atoms with Crippen LogP contribution in [0.15, 0.2) is 18.2 Å². The van der Waals surface area contributed by atoms with Gasteiger partial charge in [-0.3, -0.25) is 0 Å². The van der Waals surface area contributed by atoms with Crippen LogP contribution in [0.4, 0.5) is 0 Å². The van der Waals surface area contributed by atoms with Gasteiger partial charge in [-0.05, 0) is 6.07 Å². The molecule has 0 aliphatic carbocycles. The number of carboxylic acids is 1. The van der Waals surface area contributed by atoms with Crippen LogP contribution in [0.2, 0.25) is 0 Å². The molecule has 0 amide bonds. The fourth-order valence-electron chi connectivity index (χ4n) is 1.57. The maximum atomic E-state index is 10.8. The molecule has 0 saturated carbocycles. The first kappa shape index (κ1) is 8.10. The lowest BCUT2D eigenvalue weighted by Gasteiger charge is -2.02. The smallest absolute Gasteiger partial charge is 0.339 e. The normalized spacial score (nSPS) is 19.3. The van der Waals surface area contributed by atoms with Gasteiger partial charge in [0.15, 0.2) is 0 Å². The van der Waals surface area contributed by atoms with Crippen LogP contribution >= 0.6 is 0 Å². The van der Waals surface area contributed by atoms with Crippen LogP contribution in [0, 0.1) is 0 Å². The van der Waals surface area contributed by atoms with E-state index >= 15 is 0 Å². The predicted molar refractivity (Wildman–Crippen MR) is 47.3 cm³/mol. The highest BCUT2D eigenvalue weighted by atomic mass is 16.5. The third-order valence-electron chi connectivity index (χ3n) is 2.28. The molecule has 0 saturated heterocycles. The highest BCUT2D eigenvalue weighted by Crippen LogP contribution is 2.36. The van der Waals surface area contributed by atoms with Crippen LogP contribution in [-0.2, 0) is 0 Å². The molecule has 13 heavy (non-hydrogen) atoms. The van der Waals surface area contributed by atoms with Crippen molar-refractivity contribution in [2.24, 2.45) is 0 Å². The molecule has 1 aliphatic rings. The van der Waals surface area contributed by atoms with Gasteiger partial charge >= 0.3 is 5.97 Å². The maximum absolute atomic E-state index is 10.8. The SMILES string of the molecule is C[C@@H]1COc2c(C(=O)O)cccc21. The molecule has 1 aliphatic heterocycles. The second-order valence-corrected chi connectivity index (χ2v) is 3.24. The summed E-state index contributed by atoms with van der Waals surface area (Å²) < 4.78 is 5.32. The molecule has 0 unspecified atom stereocenters. The van der Waals surface area contributed by atoms with Gasteiger partial charge in [-0.25, -0.2) is 4.79 Å². The molecule has 1 heterocycles. The summed E-state index contributed by atoms with van der Waals surface area (Å²) >= 11 is 0. The summed E-state index contributed by atoms with van der Waals surface area (Å²) in [5.41, 5.74) is 1.27. The Kier molecular flexibility index (Phi) is 1.72. The summed E-state index contributed by atoms with van der Waals surface area (Å²) in [7, 11) is 0. The third kappa shape index (κ3) is 1.16. The number of hydrogen-bond acceptors (Lipinski definition) is 2. The average molecular weight is 178 g/mol. The minimum Gasteiger partial charge on any atom is -0.492 e. The molecule has 1 aromatic rings. The lowest BCUT2D eigenvalue weighted by Crippen LogP contribution is -1.99. The Balaban J connectivity index is 2.57. The van der Waals surface area contributed by atoms with Crippen molar-refractivity contribution in [2.75, 3.05) is 6.61 Å². The van der Waals surface area contributed by atoms with Gasteiger partial charge in [0, 0.05) is 11.5 Å². The quantitative estimate of drug-likeness (QED) is 0.714. The van der Waals surface area contributed by atoms with Crippen molar-refractivity contribution in [3.8, 4) is 5.75 Å². The summed E-state index contributed by atoms with van der Waals surface area (Å²) in [5, 5.41) is 8.86. The lowest BCUT2D eigenvalue weighted by molar-refractivity contribution is 0.0693. The summed E-state index contributed by atoms with van der Waals surface area (Å²) in [5.74, 6) is -0.0808. The van der Waals surface area contributed by atoms with E-state index in [1.807, 2.05) is 13.0 Å². The van der Waals surface area contributed by atoms with E-state index in [-0.39, 0.29) is 5.56 Å². The Morgan fingerprint density at radius 2 is 2.38 bits per heavy atom. The van der Waals surface area contributed by atoms with Crippen molar-refractivity contribution < 1.29 is 14.6 Å². The summed E-state index contributed by atoms with van der Waals surface area (Å²) in [6.07, 6.45) is 0. The molecule has 0 aromatic heterocycles.